The number of benzene rings is 1. The van der Waals surface area contributed by atoms with Crippen LogP contribution >= 0.6 is 11.3 Å². The number of carbonyl (C=O) groups excluding carboxylic acids is 1. The quantitative estimate of drug-likeness (QED) is 0.835. The number of aromatic nitrogens is 1. The zero-order chi connectivity index (χ0) is 16.5. The Labute approximate surface area is 144 Å². The number of nitrogens with one attached hydrogen (secondary N) is 1. The molecule has 0 saturated heterocycles. The van der Waals surface area contributed by atoms with Crippen LogP contribution in [0.15, 0.2) is 23.6 Å². The van der Waals surface area contributed by atoms with Gasteiger partial charge in [0.1, 0.15) is 5.01 Å². The van der Waals surface area contributed by atoms with Gasteiger partial charge in [-0.05, 0) is 37.0 Å². The fourth-order valence-corrected chi connectivity index (χ4v) is 3.66. The largest absolute Gasteiger partial charge is 0.454 e. The maximum atomic E-state index is 12.2. The second kappa shape index (κ2) is 6.41. The lowest BCUT2D eigenvalue weighted by molar-refractivity contribution is -0.121. The van der Waals surface area contributed by atoms with Crippen molar-refractivity contribution in [2.45, 2.75) is 25.3 Å². The average Bonchev–Trinajstić information content (AvgIpc) is 3.14. The molecule has 0 spiro atoms. The molecular formula is C17H19N3O3S. The van der Waals surface area contributed by atoms with Crippen LogP contribution in [0, 0.1) is 5.92 Å². The molecule has 1 aromatic carbocycles. The molecule has 1 amide bonds. The van der Waals surface area contributed by atoms with Crippen molar-refractivity contribution in [3.8, 4) is 22.1 Å². The molecule has 1 aliphatic carbocycles. The molecule has 1 fully saturated rings. The van der Waals surface area contributed by atoms with Gasteiger partial charge in [0.25, 0.3) is 0 Å². The summed E-state index contributed by atoms with van der Waals surface area (Å²) in [6.45, 7) is 0.751. The molecule has 3 N–H and O–H groups in total. The van der Waals surface area contributed by atoms with Crippen molar-refractivity contribution >= 4 is 17.2 Å². The minimum Gasteiger partial charge on any atom is -0.454 e. The third-order valence-corrected chi connectivity index (χ3v) is 5.24. The maximum Gasteiger partial charge on any atom is 0.231 e. The molecule has 2 aliphatic rings. The average molecular weight is 345 g/mol. The van der Waals surface area contributed by atoms with Crippen molar-refractivity contribution in [1.82, 2.24) is 10.3 Å². The summed E-state index contributed by atoms with van der Waals surface area (Å²) in [5, 5.41) is 5.82. The van der Waals surface area contributed by atoms with E-state index in [0.717, 1.165) is 40.6 Å². The Bertz CT molecular complexity index is 757. The summed E-state index contributed by atoms with van der Waals surface area (Å²) < 4.78 is 10.7. The first-order valence-corrected chi connectivity index (χ1v) is 8.95. The standard InChI is InChI=1S/C17H19N3O3S/c18-7-13(10-1-2-10)20-16(21)6-12-8-24-17(19-12)11-3-4-14-15(5-11)23-9-22-14/h3-5,8,10,13H,1-2,6-7,9,18H2,(H,20,21). The topological polar surface area (TPSA) is 86.5 Å². The first-order chi connectivity index (χ1) is 11.7. The van der Waals surface area contributed by atoms with E-state index in [-0.39, 0.29) is 25.2 Å². The maximum absolute atomic E-state index is 12.2. The van der Waals surface area contributed by atoms with Crippen molar-refractivity contribution in [3.63, 3.8) is 0 Å². The first-order valence-electron chi connectivity index (χ1n) is 8.07. The number of nitrogens with zero attached hydrogens (tertiary/aromatic N) is 1. The molecule has 0 bridgehead atoms. The zero-order valence-corrected chi connectivity index (χ0v) is 14.0. The van der Waals surface area contributed by atoms with Crippen LogP contribution in [-0.4, -0.2) is 30.3 Å². The number of carbonyl (C=O) groups is 1. The van der Waals surface area contributed by atoms with Crippen molar-refractivity contribution in [3.05, 3.63) is 29.3 Å². The number of hydrogen-bond acceptors (Lipinski definition) is 6. The van der Waals surface area contributed by atoms with E-state index < -0.39 is 0 Å². The fourth-order valence-electron chi connectivity index (χ4n) is 2.84. The van der Waals surface area contributed by atoms with E-state index in [1.54, 1.807) is 0 Å². The Morgan fingerprint density at radius 1 is 1.38 bits per heavy atom. The van der Waals surface area contributed by atoms with Crippen LogP contribution in [0.4, 0.5) is 0 Å². The molecule has 2 aromatic rings. The van der Waals surface area contributed by atoms with Crippen LogP contribution in [0.1, 0.15) is 18.5 Å². The third kappa shape index (κ3) is 3.22. The second-order valence-electron chi connectivity index (χ2n) is 6.14. The highest BCUT2D eigenvalue weighted by Gasteiger charge is 2.31. The van der Waals surface area contributed by atoms with E-state index in [0.29, 0.717) is 12.5 Å². The monoisotopic (exact) mass is 345 g/mol. The lowest BCUT2D eigenvalue weighted by Gasteiger charge is -2.15. The molecule has 1 unspecified atom stereocenters. The van der Waals surface area contributed by atoms with Gasteiger partial charge in [0.2, 0.25) is 12.7 Å². The Morgan fingerprint density at radius 2 is 2.21 bits per heavy atom. The van der Waals surface area contributed by atoms with E-state index in [4.69, 9.17) is 15.2 Å². The molecule has 1 aromatic heterocycles. The third-order valence-electron chi connectivity index (χ3n) is 4.30. The summed E-state index contributed by atoms with van der Waals surface area (Å²) in [4.78, 5) is 16.7. The molecule has 4 rings (SSSR count). The van der Waals surface area contributed by atoms with Gasteiger partial charge < -0.3 is 20.5 Å². The van der Waals surface area contributed by atoms with Gasteiger partial charge in [-0.3, -0.25) is 4.79 Å². The molecule has 1 atom stereocenters. The van der Waals surface area contributed by atoms with Crippen molar-refractivity contribution in [2.75, 3.05) is 13.3 Å². The molecule has 126 valence electrons. The predicted molar refractivity (Wildman–Crippen MR) is 91.1 cm³/mol. The van der Waals surface area contributed by atoms with Gasteiger partial charge in [-0.1, -0.05) is 0 Å². The molecule has 0 radical (unpaired) electrons. The SMILES string of the molecule is NCC(NC(=O)Cc1csc(-c2ccc3c(c2)OCO3)n1)C1CC1. The number of hydrogen-bond donors (Lipinski definition) is 2. The minimum absolute atomic E-state index is 0.0140. The van der Waals surface area contributed by atoms with Gasteiger partial charge in [0.15, 0.2) is 11.5 Å². The number of amides is 1. The molecule has 1 aliphatic heterocycles. The van der Waals surface area contributed by atoms with Gasteiger partial charge >= 0.3 is 0 Å². The van der Waals surface area contributed by atoms with E-state index >= 15 is 0 Å². The van der Waals surface area contributed by atoms with Crippen molar-refractivity contribution < 1.29 is 14.3 Å². The molecular weight excluding hydrogens is 326 g/mol. The summed E-state index contributed by atoms with van der Waals surface area (Å²) in [5.41, 5.74) is 7.47. The molecule has 1 saturated carbocycles. The van der Waals surface area contributed by atoms with Crippen LogP contribution in [0.25, 0.3) is 10.6 Å². The van der Waals surface area contributed by atoms with Crippen LogP contribution < -0.4 is 20.5 Å². The number of nitrogens with two attached hydrogens (primary N) is 1. The van der Waals surface area contributed by atoms with Crippen molar-refractivity contribution in [2.24, 2.45) is 11.7 Å². The van der Waals surface area contributed by atoms with Gasteiger partial charge in [-0.2, -0.15) is 0 Å². The number of fused-ring (bicyclic) bond motifs is 1. The minimum atomic E-state index is -0.0140. The summed E-state index contributed by atoms with van der Waals surface area (Å²) in [6, 6.07) is 5.85. The van der Waals surface area contributed by atoms with Crippen LogP contribution in [-0.2, 0) is 11.2 Å². The molecule has 7 heteroatoms. The lowest BCUT2D eigenvalue weighted by atomic mass is 10.2. The van der Waals surface area contributed by atoms with E-state index in [1.807, 2.05) is 23.6 Å². The van der Waals surface area contributed by atoms with Gasteiger partial charge in [-0.25, -0.2) is 4.98 Å². The van der Waals surface area contributed by atoms with E-state index in [9.17, 15) is 4.79 Å². The van der Waals surface area contributed by atoms with Gasteiger partial charge in [0, 0.05) is 23.5 Å². The number of rotatable bonds is 6. The first kappa shape index (κ1) is 15.4. The summed E-state index contributed by atoms with van der Waals surface area (Å²) in [5.74, 6) is 2.03. The summed E-state index contributed by atoms with van der Waals surface area (Å²) in [6.07, 6.45) is 2.60. The second-order valence-corrected chi connectivity index (χ2v) is 6.99. The fraction of sp³-hybridized carbons (Fsp3) is 0.412. The van der Waals surface area contributed by atoms with E-state index in [2.05, 4.69) is 10.3 Å². The zero-order valence-electron chi connectivity index (χ0n) is 13.2. The number of thiazole rings is 1. The Morgan fingerprint density at radius 3 is 3.00 bits per heavy atom. The Balaban J connectivity index is 1.42. The van der Waals surface area contributed by atoms with Crippen LogP contribution in [0.2, 0.25) is 0 Å². The highest BCUT2D eigenvalue weighted by molar-refractivity contribution is 7.13. The van der Waals surface area contributed by atoms with Gasteiger partial charge in [0.05, 0.1) is 12.1 Å². The smallest absolute Gasteiger partial charge is 0.231 e. The summed E-state index contributed by atoms with van der Waals surface area (Å²) >= 11 is 1.52. The highest BCUT2D eigenvalue weighted by atomic mass is 32.1. The Kier molecular flexibility index (Phi) is 4.12. The number of ether oxygens (including phenoxy) is 2. The van der Waals surface area contributed by atoms with Crippen molar-refractivity contribution in [1.29, 1.82) is 0 Å². The van der Waals surface area contributed by atoms with Crippen LogP contribution in [0.5, 0.6) is 11.5 Å². The molecule has 2 heterocycles. The lowest BCUT2D eigenvalue weighted by Crippen LogP contribution is -2.42. The predicted octanol–water partition coefficient (Wildman–Crippen LogP) is 1.93. The molecule has 24 heavy (non-hydrogen) atoms. The molecule has 6 nitrogen and oxygen atoms in total. The van der Waals surface area contributed by atoms with Crippen LogP contribution in [0.3, 0.4) is 0 Å². The normalized spacial score (nSPS) is 16.9. The highest BCUT2D eigenvalue weighted by Crippen LogP contribution is 2.36. The van der Waals surface area contributed by atoms with E-state index in [1.165, 1.54) is 11.3 Å². The summed E-state index contributed by atoms with van der Waals surface area (Å²) in [7, 11) is 0. The van der Waals surface area contributed by atoms with Gasteiger partial charge in [-0.15, -0.1) is 11.3 Å². The Hall–Kier alpha value is -2.12.